The van der Waals surface area contributed by atoms with E-state index in [0.717, 1.165) is 6.42 Å². The van der Waals surface area contributed by atoms with E-state index in [4.69, 9.17) is 5.11 Å². The van der Waals surface area contributed by atoms with Gasteiger partial charge in [-0.3, -0.25) is 9.48 Å². The summed E-state index contributed by atoms with van der Waals surface area (Å²) in [6, 6.07) is 0. The van der Waals surface area contributed by atoms with Crippen LogP contribution >= 0.6 is 0 Å². The fraction of sp³-hybridized carbons (Fsp3) is 0.571. The number of aryl methyl sites for hydroxylation is 1. The van der Waals surface area contributed by atoms with Crippen molar-refractivity contribution in [2.75, 3.05) is 0 Å². The van der Waals surface area contributed by atoms with Crippen molar-refractivity contribution in [1.29, 1.82) is 0 Å². The highest BCUT2D eigenvalue weighted by Crippen LogP contribution is 1.89. The average molecular weight is 156 g/mol. The molecule has 1 rings (SSSR count). The molecular weight excluding hydrogens is 144 g/mol. The number of nitrogens with one attached hydrogen (secondary N) is 1. The molecule has 0 saturated heterocycles. The van der Waals surface area contributed by atoms with Gasteiger partial charge >= 0.3 is 0 Å². The number of hydrogen-bond donors (Lipinski definition) is 2. The van der Waals surface area contributed by atoms with Crippen molar-refractivity contribution < 1.29 is 5.11 Å². The highest BCUT2D eigenvalue weighted by Gasteiger charge is 2.02. The molecule has 4 nitrogen and oxygen atoms in total. The van der Waals surface area contributed by atoms with Crippen molar-refractivity contribution in [3.05, 3.63) is 22.1 Å². The Morgan fingerprint density at radius 2 is 2.45 bits per heavy atom. The summed E-state index contributed by atoms with van der Waals surface area (Å²) in [4.78, 5) is 11.2. The van der Waals surface area contributed by atoms with Gasteiger partial charge in [-0.2, -0.15) is 0 Å². The van der Waals surface area contributed by atoms with E-state index in [2.05, 4.69) is 5.10 Å². The summed E-state index contributed by atoms with van der Waals surface area (Å²) in [6.07, 6.45) is 2.45. The minimum atomic E-state index is -0.188. The van der Waals surface area contributed by atoms with Crippen molar-refractivity contribution >= 4 is 0 Å². The minimum Gasteiger partial charge on any atom is -0.391 e. The van der Waals surface area contributed by atoms with Gasteiger partial charge in [-0.25, -0.2) is 0 Å². The molecule has 2 N–H and O–H groups in total. The fourth-order valence-corrected chi connectivity index (χ4v) is 0.953. The van der Waals surface area contributed by atoms with E-state index >= 15 is 0 Å². The van der Waals surface area contributed by atoms with Crippen molar-refractivity contribution in [2.45, 2.75) is 26.5 Å². The van der Waals surface area contributed by atoms with Crippen molar-refractivity contribution in [2.24, 2.45) is 0 Å². The van der Waals surface area contributed by atoms with Gasteiger partial charge in [0.15, 0.2) is 0 Å². The number of aliphatic hydroxyl groups excluding tert-OH is 1. The monoisotopic (exact) mass is 156 g/mol. The molecule has 0 bridgehead atoms. The molecule has 1 heterocycles. The summed E-state index contributed by atoms with van der Waals surface area (Å²) in [5.74, 6) is 0. The highest BCUT2D eigenvalue weighted by molar-refractivity contribution is 5.02. The summed E-state index contributed by atoms with van der Waals surface area (Å²) >= 11 is 0. The summed E-state index contributed by atoms with van der Waals surface area (Å²) in [7, 11) is 0. The Morgan fingerprint density at radius 3 is 2.91 bits per heavy atom. The maximum Gasteiger partial charge on any atom is 0.271 e. The van der Waals surface area contributed by atoms with Crippen LogP contribution < -0.4 is 5.56 Å². The van der Waals surface area contributed by atoms with E-state index < -0.39 is 0 Å². The normalized spacial score (nSPS) is 10.4. The van der Waals surface area contributed by atoms with Crippen molar-refractivity contribution in [3.8, 4) is 0 Å². The van der Waals surface area contributed by atoms with E-state index in [-0.39, 0.29) is 12.2 Å². The predicted molar refractivity (Wildman–Crippen MR) is 41.3 cm³/mol. The Labute approximate surface area is 64.5 Å². The van der Waals surface area contributed by atoms with Gasteiger partial charge in [0.25, 0.3) is 5.56 Å². The average Bonchev–Trinajstić information content (AvgIpc) is 2.34. The lowest BCUT2D eigenvalue weighted by atomic mass is 10.4. The third kappa shape index (κ3) is 1.51. The molecule has 0 radical (unpaired) electrons. The maximum absolute atomic E-state index is 11.2. The molecule has 0 aliphatic heterocycles. The molecule has 0 aliphatic rings. The standard InChI is InChI=1S/C7H12N2O2/c1-2-3-9-7(11)6(5-10)4-8-9/h4,8,10H,2-3,5H2,1H3. The molecule has 62 valence electrons. The first-order valence-electron chi connectivity index (χ1n) is 3.67. The predicted octanol–water partition coefficient (Wildman–Crippen LogP) is 0.0787. The second-order valence-corrected chi connectivity index (χ2v) is 2.41. The molecule has 0 unspecified atom stereocenters. The van der Waals surface area contributed by atoms with Crippen molar-refractivity contribution in [1.82, 2.24) is 9.78 Å². The molecule has 0 aromatic carbocycles. The molecule has 0 spiro atoms. The molecule has 0 aliphatic carbocycles. The van der Waals surface area contributed by atoms with Crippen LogP contribution in [0.5, 0.6) is 0 Å². The first-order valence-corrected chi connectivity index (χ1v) is 3.67. The van der Waals surface area contributed by atoms with Gasteiger partial charge in [-0.05, 0) is 6.42 Å². The Morgan fingerprint density at radius 1 is 1.73 bits per heavy atom. The van der Waals surface area contributed by atoms with Crippen LogP contribution in [0.3, 0.4) is 0 Å². The van der Waals surface area contributed by atoms with Crippen molar-refractivity contribution in [3.63, 3.8) is 0 Å². The molecular formula is C7H12N2O2. The van der Waals surface area contributed by atoms with E-state index in [1.807, 2.05) is 6.92 Å². The largest absolute Gasteiger partial charge is 0.391 e. The first-order chi connectivity index (χ1) is 5.29. The lowest BCUT2D eigenvalue weighted by Gasteiger charge is -1.94. The minimum absolute atomic E-state index is 0.116. The molecule has 0 amide bonds. The molecule has 0 atom stereocenters. The zero-order valence-corrected chi connectivity index (χ0v) is 6.50. The van der Waals surface area contributed by atoms with E-state index in [1.54, 1.807) is 0 Å². The second kappa shape index (κ2) is 3.39. The Balaban J connectivity index is 2.92. The second-order valence-electron chi connectivity index (χ2n) is 2.41. The SMILES string of the molecule is CCCn1[nH]cc(CO)c1=O. The summed E-state index contributed by atoms with van der Waals surface area (Å²) in [5.41, 5.74) is 0.313. The summed E-state index contributed by atoms with van der Waals surface area (Å²) in [5, 5.41) is 11.4. The smallest absolute Gasteiger partial charge is 0.271 e. The first kappa shape index (κ1) is 8.07. The third-order valence-corrected chi connectivity index (χ3v) is 1.53. The van der Waals surface area contributed by atoms with Crippen LogP contribution in [0.1, 0.15) is 18.9 Å². The molecule has 0 saturated carbocycles. The number of aromatic amines is 1. The molecule has 0 fully saturated rings. The number of aliphatic hydroxyl groups is 1. The number of H-pyrrole nitrogens is 1. The molecule has 1 aromatic rings. The fourth-order valence-electron chi connectivity index (χ4n) is 0.953. The van der Waals surface area contributed by atoms with Gasteiger partial charge in [-0.15, -0.1) is 0 Å². The molecule has 11 heavy (non-hydrogen) atoms. The van der Waals surface area contributed by atoms with Crippen LogP contribution in [0.2, 0.25) is 0 Å². The Kier molecular flexibility index (Phi) is 2.48. The van der Waals surface area contributed by atoms with Gasteiger partial charge in [0.05, 0.1) is 12.2 Å². The number of aromatic nitrogens is 2. The van der Waals surface area contributed by atoms with Crippen LogP contribution in [0, 0.1) is 0 Å². The van der Waals surface area contributed by atoms with Gasteiger partial charge < -0.3 is 10.2 Å². The zero-order valence-electron chi connectivity index (χ0n) is 6.50. The van der Waals surface area contributed by atoms with Gasteiger partial charge in [0.1, 0.15) is 0 Å². The Hall–Kier alpha value is -1.03. The van der Waals surface area contributed by atoms with Crippen LogP contribution in [-0.2, 0) is 13.2 Å². The van der Waals surface area contributed by atoms with E-state index in [9.17, 15) is 4.79 Å². The zero-order chi connectivity index (χ0) is 8.27. The number of rotatable bonds is 3. The topological polar surface area (TPSA) is 58.0 Å². The highest BCUT2D eigenvalue weighted by atomic mass is 16.3. The lowest BCUT2D eigenvalue weighted by Crippen LogP contribution is -2.18. The van der Waals surface area contributed by atoms with Gasteiger partial charge in [0.2, 0.25) is 0 Å². The van der Waals surface area contributed by atoms with Crippen LogP contribution in [0.25, 0.3) is 0 Å². The maximum atomic E-state index is 11.2. The van der Waals surface area contributed by atoms with Crippen LogP contribution in [0.4, 0.5) is 0 Å². The van der Waals surface area contributed by atoms with Gasteiger partial charge in [0, 0.05) is 12.7 Å². The van der Waals surface area contributed by atoms with Crippen LogP contribution in [0.15, 0.2) is 11.0 Å². The van der Waals surface area contributed by atoms with E-state index in [0.29, 0.717) is 12.1 Å². The van der Waals surface area contributed by atoms with E-state index in [1.165, 1.54) is 10.9 Å². The lowest BCUT2D eigenvalue weighted by molar-refractivity contribution is 0.280. The summed E-state index contributed by atoms with van der Waals surface area (Å²) in [6.45, 7) is 2.48. The van der Waals surface area contributed by atoms with Gasteiger partial charge in [-0.1, -0.05) is 6.92 Å². The van der Waals surface area contributed by atoms with Crippen LogP contribution in [-0.4, -0.2) is 14.9 Å². The number of hydrogen-bond acceptors (Lipinski definition) is 2. The third-order valence-electron chi connectivity index (χ3n) is 1.53. The Bertz CT molecular complexity index is 274. The molecule has 1 aromatic heterocycles. The summed E-state index contributed by atoms with van der Waals surface area (Å²) < 4.78 is 1.49. The number of nitrogens with zero attached hydrogens (tertiary/aromatic N) is 1. The quantitative estimate of drug-likeness (QED) is 0.651. The molecule has 4 heteroatoms.